The molecule has 0 saturated heterocycles. The van der Waals surface area contributed by atoms with Crippen molar-refractivity contribution in [2.45, 2.75) is 39.2 Å². The molecule has 112 valence electrons. The van der Waals surface area contributed by atoms with Gasteiger partial charge in [0, 0.05) is 16.1 Å². The Labute approximate surface area is 131 Å². The lowest BCUT2D eigenvalue weighted by Gasteiger charge is -2.37. The third kappa shape index (κ3) is 3.56. The van der Waals surface area contributed by atoms with E-state index in [1.807, 2.05) is 0 Å². The third-order valence-electron chi connectivity index (χ3n) is 4.53. The molecule has 1 N–H and O–H groups in total. The Morgan fingerprint density at radius 1 is 1.20 bits per heavy atom. The molecule has 2 nitrogen and oxygen atoms in total. The second-order valence-corrected chi connectivity index (χ2v) is 7.25. The summed E-state index contributed by atoms with van der Waals surface area (Å²) >= 11 is 3.52. The van der Waals surface area contributed by atoms with Crippen LogP contribution in [0.2, 0.25) is 0 Å². The lowest BCUT2D eigenvalue weighted by Crippen LogP contribution is -2.31. The molecule has 20 heavy (non-hydrogen) atoms. The van der Waals surface area contributed by atoms with E-state index in [9.17, 15) is 0 Å². The van der Waals surface area contributed by atoms with Crippen molar-refractivity contribution in [2.24, 2.45) is 17.8 Å². The van der Waals surface area contributed by atoms with E-state index in [4.69, 9.17) is 4.74 Å². The maximum Gasteiger partial charge on any atom is 0.124 e. The van der Waals surface area contributed by atoms with Crippen LogP contribution >= 0.6 is 15.9 Å². The van der Waals surface area contributed by atoms with E-state index in [1.54, 1.807) is 7.11 Å². The second kappa shape index (κ2) is 6.95. The Hall–Kier alpha value is -0.540. The Bertz CT molecular complexity index is 439. The molecule has 0 amide bonds. The van der Waals surface area contributed by atoms with Crippen LogP contribution in [0, 0.1) is 17.8 Å². The average molecular weight is 340 g/mol. The molecular weight excluding hydrogens is 314 g/mol. The summed E-state index contributed by atoms with van der Waals surface area (Å²) < 4.78 is 6.65. The largest absolute Gasteiger partial charge is 0.496 e. The zero-order valence-corrected chi connectivity index (χ0v) is 14.5. The van der Waals surface area contributed by atoms with Crippen LogP contribution in [0.4, 0.5) is 0 Å². The minimum absolute atomic E-state index is 0.378. The van der Waals surface area contributed by atoms with Crippen LogP contribution in [-0.4, -0.2) is 14.2 Å². The van der Waals surface area contributed by atoms with Crippen molar-refractivity contribution < 1.29 is 4.74 Å². The number of hydrogen-bond acceptors (Lipinski definition) is 2. The van der Waals surface area contributed by atoms with Gasteiger partial charge in [-0.05, 0) is 56.2 Å². The first-order valence-corrected chi connectivity index (χ1v) is 8.35. The molecule has 1 saturated carbocycles. The molecule has 1 aliphatic rings. The van der Waals surface area contributed by atoms with Crippen molar-refractivity contribution in [1.29, 1.82) is 0 Å². The molecule has 1 aliphatic carbocycles. The highest BCUT2D eigenvalue weighted by molar-refractivity contribution is 9.10. The summed E-state index contributed by atoms with van der Waals surface area (Å²) in [5, 5.41) is 3.53. The van der Waals surface area contributed by atoms with Gasteiger partial charge in [-0.3, -0.25) is 0 Å². The van der Waals surface area contributed by atoms with Crippen LogP contribution in [0.15, 0.2) is 22.7 Å². The molecule has 0 aliphatic heterocycles. The summed E-state index contributed by atoms with van der Waals surface area (Å²) in [6.45, 7) is 4.77. The smallest absolute Gasteiger partial charge is 0.124 e. The normalized spacial score (nSPS) is 28.1. The van der Waals surface area contributed by atoms with Crippen molar-refractivity contribution in [3.05, 3.63) is 28.2 Å². The minimum atomic E-state index is 0.378. The molecule has 3 atom stereocenters. The number of rotatable bonds is 4. The molecule has 3 heteroatoms. The molecule has 0 heterocycles. The Kier molecular flexibility index (Phi) is 5.50. The first kappa shape index (κ1) is 15.8. The van der Waals surface area contributed by atoms with Gasteiger partial charge in [-0.2, -0.15) is 0 Å². The fraction of sp³-hybridized carbons (Fsp3) is 0.647. The summed E-state index contributed by atoms with van der Waals surface area (Å²) in [6, 6.07) is 6.74. The van der Waals surface area contributed by atoms with Gasteiger partial charge in [0.25, 0.3) is 0 Å². The minimum Gasteiger partial charge on any atom is -0.496 e. The van der Waals surface area contributed by atoms with E-state index in [2.05, 4.69) is 60.3 Å². The highest BCUT2D eigenvalue weighted by Gasteiger charge is 2.31. The Morgan fingerprint density at radius 3 is 2.40 bits per heavy atom. The molecule has 0 radical (unpaired) electrons. The summed E-state index contributed by atoms with van der Waals surface area (Å²) in [7, 11) is 3.82. The van der Waals surface area contributed by atoms with Crippen molar-refractivity contribution >= 4 is 15.9 Å². The molecule has 1 aromatic carbocycles. The SMILES string of the molecule is CNC(c1ccc(Br)cc1OC)C1CC(C)CC(C)C1. The van der Waals surface area contributed by atoms with E-state index < -0.39 is 0 Å². The van der Waals surface area contributed by atoms with Crippen LogP contribution in [0.5, 0.6) is 5.75 Å². The van der Waals surface area contributed by atoms with Gasteiger partial charge in [0.15, 0.2) is 0 Å². The number of methoxy groups -OCH3 is 1. The second-order valence-electron chi connectivity index (χ2n) is 6.33. The number of ether oxygens (including phenoxy) is 1. The van der Waals surface area contributed by atoms with Crippen LogP contribution < -0.4 is 10.1 Å². The van der Waals surface area contributed by atoms with E-state index in [1.165, 1.54) is 24.8 Å². The molecule has 1 fully saturated rings. The van der Waals surface area contributed by atoms with Gasteiger partial charge in [0.05, 0.1) is 7.11 Å². The molecule has 0 spiro atoms. The van der Waals surface area contributed by atoms with Crippen LogP contribution in [0.3, 0.4) is 0 Å². The maximum absolute atomic E-state index is 5.58. The van der Waals surface area contributed by atoms with Gasteiger partial charge in [-0.15, -0.1) is 0 Å². The van der Waals surface area contributed by atoms with Crippen LogP contribution in [0.25, 0.3) is 0 Å². The van der Waals surface area contributed by atoms with Crippen molar-refractivity contribution in [1.82, 2.24) is 5.32 Å². The molecular formula is C17H26BrNO. The predicted octanol–water partition coefficient (Wildman–Crippen LogP) is 4.79. The monoisotopic (exact) mass is 339 g/mol. The Balaban J connectivity index is 2.27. The summed E-state index contributed by atoms with van der Waals surface area (Å²) in [6.07, 6.45) is 3.97. The topological polar surface area (TPSA) is 21.3 Å². The first-order valence-electron chi connectivity index (χ1n) is 7.55. The zero-order valence-electron chi connectivity index (χ0n) is 12.9. The van der Waals surface area contributed by atoms with Crippen LogP contribution in [0.1, 0.15) is 44.7 Å². The maximum atomic E-state index is 5.58. The lowest BCUT2D eigenvalue weighted by molar-refractivity contribution is 0.179. The molecule has 0 bridgehead atoms. The van der Waals surface area contributed by atoms with Crippen molar-refractivity contribution in [2.75, 3.05) is 14.2 Å². The molecule has 3 unspecified atom stereocenters. The summed E-state index contributed by atoms with van der Waals surface area (Å²) in [5.74, 6) is 3.31. The summed E-state index contributed by atoms with van der Waals surface area (Å²) in [4.78, 5) is 0. The number of halogens is 1. The van der Waals surface area contributed by atoms with Gasteiger partial charge in [-0.25, -0.2) is 0 Å². The standard InChI is InChI=1S/C17H26BrNO/c1-11-7-12(2)9-13(8-11)17(19-3)15-6-5-14(18)10-16(15)20-4/h5-6,10-13,17,19H,7-9H2,1-4H3. The average Bonchev–Trinajstić information content (AvgIpc) is 2.40. The van der Waals surface area contributed by atoms with Gasteiger partial charge in [0.2, 0.25) is 0 Å². The first-order chi connectivity index (χ1) is 9.55. The zero-order chi connectivity index (χ0) is 14.7. The van der Waals surface area contributed by atoms with Gasteiger partial charge >= 0.3 is 0 Å². The van der Waals surface area contributed by atoms with Gasteiger partial charge in [-0.1, -0.05) is 35.8 Å². The lowest BCUT2D eigenvalue weighted by atomic mass is 9.72. The molecule has 2 rings (SSSR count). The summed E-state index contributed by atoms with van der Waals surface area (Å²) in [5.41, 5.74) is 1.28. The third-order valence-corrected chi connectivity index (χ3v) is 5.02. The van der Waals surface area contributed by atoms with Crippen LogP contribution in [-0.2, 0) is 0 Å². The van der Waals surface area contributed by atoms with E-state index in [-0.39, 0.29) is 0 Å². The fourth-order valence-electron chi connectivity index (χ4n) is 3.87. The number of hydrogen-bond donors (Lipinski definition) is 1. The van der Waals surface area contributed by atoms with E-state index >= 15 is 0 Å². The molecule has 1 aromatic rings. The van der Waals surface area contributed by atoms with Crippen molar-refractivity contribution in [3.8, 4) is 5.75 Å². The van der Waals surface area contributed by atoms with E-state index in [0.717, 1.165) is 22.1 Å². The predicted molar refractivity (Wildman–Crippen MR) is 88.2 cm³/mol. The van der Waals surface area contributed by atoms with E-state index in [0.29, 0.717) is 12.0 Å². The van der Waals surface area contributed by atoms with Gasteiger partial charge in [0.1, 0.15) is 5.75 Å². The van der Waals surface area contributed by atoms with Crippen molar-refractivity contribution in [3.63, 3.8) is 0 Å². The highest BCUT2D eigenvalue weighted by atomic mass is 79.9. The molecule has 0 aromatic heterocycles. The van der Waals surface area contributed by atoms with Gasteiger partial charge < -0.3 is 10.1 Å². The quantitative estimate of drug-likeness (QED) is 0.851. The fourth-order valence-corrected chi connectivity index (χ4v) is 4.21. The highest BCUT2D eigenvalue weighted by Crippen LogP contribution is 2.42. The Morgan fingerprint density at radius 2 is 1.85 bits per heavy atom. The number of nitrogens with one attached hydrogen (secondary N) is 1. The number of benzene rings is 1.